The zero-order valence-corrected chi connectivity index (χ0v) is 18.3. The molecule has 0 atom stereocenters. The molecule has 3 aromatic heterocycles. The number of anilines is 2. The van der Waals surface area contributed by atoms with E-state index >= 15 is 0 Å². The van der Waals surface area contributed by atoms with Gasteiger partial charge in [-0.05, 0) is 60.9 Å². The van der Waals surface area contributed by atoms with Gasteiger partial charge in [-0.2, -0.15) is 0 Å². The van der Waals surface area contributed by atoms with Crippen molar-refractivity contribution in [2.24, 2.45) is 0 Å². The van der Waals surface area contributed by atoms with Gasteiger partial charge in [-0.25, -0.2) is 15.0 Å². The van der Waals surface area contributed by atoms with Gasteiger partial charge in [-0.15, -0.1) is 0 Å². The van der Waals surface area contributed by atoms with Crippen LogP contribution in [0.25, 0.3) is 17.0 Å². The number of nitrogens with two attached hydrogens (primary N) is 1. The van der Waals surface area contributed by atoms with Gasteiger partial charge in [0.2, 0.25) is 0 Å². The Kier molecular flexibility index (Phi) is 4.62. The van der Waals surface area contributed by atoms with Crippen LogP contribution in [-0.4, -0.2) is 25.3 Å². The maximum Gasteiger partial charge on any atom is 0.255 e. The third-order valence-electron chi connectivity index (χ3n) is 6.42. The molecule has 7 nitrogen and oxygen atoms in total. The Morgan fingerprint density at radius 2 is 1.74 bits per heavy atom. The molecule has 1 fully saturated rings. The highest BCUT2D eigenvalue weighted by Gasteiger charge is 2.48. The molecule has 0 radical (unpaired) electrons. The summed E-state index contributed by atoms with van der Waals surface area (Å²) in [4.78, 5) is 26.7. The zero-order valence-electron chi connectivity index (χ0n) is 18.3. The molecule has 6 rings (SSSR count). The number of para-hydroxylation sites is 2. The van der Waals surface area contributed by atoms with E-state index in [-0.39, 0.29) is 11.3 Å². The van der Waals surface area contributed by atoms with Gasteiger partial charge in [-0.3, -0.25) is 9.20 Å². The van der Waals surface area contributed by atoms with E-state index in [4.69, 9.17) is 10.7 Å². The van der Waals surface area contributed by atoms with Crippen LogP contribution in [0.3, 0.4) is 0 Å². The van der Waals surface area contributed by atoms with Crippen molar-refractivity contribution >= 4 is 22.9 Å². The van der Waals surface area contributed by atoms with Crippen LogP contribution in [0.4, 0.5) is 11.4 Å². The molecule has 166 valence electrons. The molecule has 0 spiro atoms. The van der Waals surface area contributed by atoms with Crippen LogP contribution in [-0.2, 0) is 5.41 Å². The number of fused-ring (bicyclic) bond motifs is 1. The quantitative estimate of drug-likeness (QED) is 0.381. The average molecular weight is 447 g/mol. The van der Waals surface area contributed by atoms with Crippen molar-refractivity contribution in [1.82, 2.24) is 19.4 Å². The smallest absolute Gasteiger partial charge is 0.255 e. The Morgan fingerprint density at radius 1 is 0.941 bits per heavy atom. The van der Waals surface area contributed by atoms with Crippen molar-refractivity contribution in [1.29, 1.82) is 0 Å². The van der Waals surface area contributed by atoms with E-state index in [1.54, 1.807) is 12.1 Å². The highest BCUT2D eigenvalue weighted by atomic mass is 16.1. The van der Waals surface area contributed by atoms with Crippen LogP contribution in [0.2, 0.25) is 0 Å². The first kappa shape index (κ1) is 20.1. The van der Waals surface area contributed by atoms with Crippen LogP contribution >= 0.6 is 0 Å². The summed E-state index contributed by atoms with van der Waals surface area (Å²) in [7, 11) is 0. The second-order valence-corrected chi connectivity index (χ2v) is 8.54. The lowest BCUT2D eigenvalue weighted by molar-refractivity contribution is 0.102. The molecule has 1 aliphatic carbocycles. The third kappa shape index (κ3) is 3.38. The fourth-order valence-corrected chi connectivity index (χ4v) is 4.37. The lowest BCUT2D eigenvalue weighted by Crippen LogP contribution is -2.16. The minimum absolute atomic E-state index is 0.194. The summed E-state index contributed by atoms with van der Waals surface area (Å²) in [6, 6.07) is 22.7. The summed E-state index contributed by atoms with van der Waals surface area (Å²) >= 11 is 0. The lowest BCUT2D eigenvalue weighted by Gasteiger charge is -2.16. The maximum absolute atomic E-state index is 12.7. The van der Waals surface area contributed by atoms with Crippen LogP contribution in [0.5, 0.6) is 0 Å². The number of nitrogens with zero attached hydrogens (tertiary/aromatic N) is 4. The fourth-order valence-electron chi connectivity index (χ4n) is 4.37. The number of pyridine rings is 1. The first-order valence-electron chi connectivity index (χ1n) is 11.2. The molecule has 3 N–H and O–H groups in total. The molecule has 7 heteroatoms. The highest BCUT2D eigenvalue weighted by molar-refractivity contribution is 6.05. The van der Waals surface area contributed by atoms with E-state index in [9.17, 15) is 4.79 Å². The Hall–Kier alpha value is -4.52. The molecule has 1 aliphatic rings. The predicted molar refractivity (Wildman–Crippen MR) is 131 cm³/mol. The number of hydrogen-bond donors (Lipinski definition) is 2. The number of carbonyl (C=O) groups excluding carboxylic acids is 1. The maximum atomic E-state index is 12.7. The molecule has 1 saturated carbocycles. The molecule has 0 bridgehead atoms. The summed E-state index contributed by atoms with van der Waals surface area (Å²) in [6.07, 6.45) is 7.57. The monoisotopic (exact) mass is 446 g/mol. The number of nitrogens with one attached hydrogen (secondary N) is 1. The van der Waals surface area contributed by atoms with E-state index in [1.165, 1.54) is 0 Å². The number of rotatable bonds is 5. The topological polar surface area (TPSA) is 98.2 Å². The number of carbonyl (C=O) groups is 1. The van der Waals surface area contributed by atoms with E-state index in [2.05, 4.69) is 15.3 Å². The van der Waals surface area contributed by atoms with Crippen molar-refractivity contribution in [3.8, 4) is 11.4 Å². The number of hydrogen-bond acceptors (Lipinski definition) is 5. The lowest BCUT2D eigenvalue weighted by atomic mass is 9.93. The molecular weight excluding hydrogens is 424 g/mol. The van der Waals surface area contributed by atoms with Crippen LogP contribution in [0, 0.1) is 0 Å². The van der Waals surface area contributed by atoms with E-state index in [0.29, 0.717) is 16.9 Å². The molecule has 34 heavy (non-hydrogen) atoms. The molecule has 5 aromatic rings. The zero-order chi connectivity index (χ0) is 23.1. The van der Waals surface area contributed by atoms with Crippen molar-refractivity contribution in [2.75, 3.05) is 11.1 Å². The van der Waals surface area contributed by atoms with Crippen molar-refractivity contribution in [3.63, 3.8) is 0 Å². The minimum atomic E-state index is -0.227. The molecular formula is C27H22N6O. The van der Waals surface area contributed by atoms with Crippen molar-refractivity contribution < 1.29 is 4.79 Å². The largest absolute Gasteiger partial charge is 0.397 e. The molecule has 2 aromatic carbocycles. The molecule has 0 unspecified atom stereocenters. The van der Waals surface area contributed by atoms with Crippen LogP contribution < -0.4 is 11.1 Å². The second-order valence-electron chi connectivity index (χ2n) is 8.54. The van der Waals surface area contributed by atoms with E-state index in [1.807, 2.05) is 83.7 Å². The Morgan fingerprint density at radius 3 is 2.53 bits per heavy atom. The predicted octanol–water partition coefficient (Wildman–Crippen LogP) is 4.71. The van der Waals surface area contributed by atoms with Gasteiger partial charge in [0, 0.05) is 18.0 Å². The highest BCUT2D eigenvalue weighted by Crippen LogP contribution is 2.52. The Bertz CT molecular complexity index is 1520. The average Bonchev–Trinajstić information content (AvgIpc) is 3.58. The number of nitrogen functional groups attached to an aromatic ring is 1. The number of amides is 1. The summed E-state index contributed by atoms with van der Waals surface area (Å²) < 4.78 is 2.03. The second kappa shape index (κ2) is 7.81. The molecule has 1 amide bonds. The first-order valence-corrected chi connectivity index (χ1v) is 11.2. The normalized spacial score (nSPS) is 14.1. The summed E-state index contributed by atoms with van der Waals surface area (Å²) in [5.74, 6) is 0.602. The van der Waals surface area contributed by atoms with Gasteiger partial charge in [0.05, 0.1) is 34.4 Å². The van der Waals surface area contributed by atoms with Gasteiger partial charge in [0.25, 0.3) is 5.91 Å². The number of aromatic nitrogens is 4. The van der Waals surface area contributed by atoms with Gasteiger partial charge in [-0.1, -0.05) is 30.3 Å². The first-order chi connectivity index (χ1) is 16.6. The standard InChI is InChI=1S/C27H22N6O/c28-20-5-1-2-6-21(20)31-25(34)18-8-10-19(11-9-18)27(13-14-27)26-29-15-12-22(32-26)23-17-30-24-7-3-4-16-33(23)24/h1-12,15-17H,13-14,28H2,(H,31,34). The Labute approximate surface area is 196 Å². The van der Waals surface area contributed by atoms with Gasteiger partial charge >= 0.3 is 0 Å². The SMILES string of the molecule is Nc1ccccc1NC(=O)c1ccc(C2(c3nccc(-c4cnc5ccccn45)n3)CC2)cc1. The van der Waals surface area contributed by atoms with E-state index < -0.39 is 0 Å². The van der Waals surface area contributed by atoms with Gasteiger partial charge in [0.15, 0.2) is 0 Å². The number of benzene rings is 2. The van der Waals surface area contributed by atoms with Gasteiger partial charge in [0.1, 0.15) is 11.5 Å². The minimum Gasteiger partial charge on any atom is -0.397 e. The molecule has 0 aliphatic heterocycles. The summed E-state index contributed by atoms with van der Waals surface area (Å²) in [5, 5.41) is 2.87. The molecule has 0 saturated heterocycles. The summed E-state index contributed by atoms with van der Waals surface area (Å²) in [6.45, 7) is 0. The van der Waals surface area contributed by atoms with Crippen LogP contribution in [0.1, 0.15) is 34.6 Å². The third-order valence-corrected chi connectivity index (χ3v) is 6.42. The molecule has 3 heterocycles. The van der Waals surface area contributed by atoms with Crippen molar-refractivity contribution in [3.05, 3.63) is 108 Å². The Balaban J connectivity index is 1.28. The van der Waals surface area contributed by atoms with Gasteiger partial charge < -0.3 is 11.1 Å². The summed E-state index contributed by atoms with van der Waals surface area (Å²) in [5.41, 5.74) is 11.2. The van der Waals surface area contributed by atoms with Crippen molar-refractivity contribution in [2.45, 2.75) is 18.3 Å². The fraction of sp³-hybridized carbons (Fsp3) is 0.111. The van der Waals surface area contributed by atoms with Crippen LogP contribution in [0.15, 0.2) is 91.4 Å². The van der Waals surface area contributed by atoms with E-state index in [0.717, 1.165) is 41.3 Å². The number of imidazole rings is 1.